The summed E-state index contributed by atoms with van der Waals surface area (Å²) < 4.78 is 5.61. The molecular weight excluding hydrogens is 362 g/mol. The Morgan fingerprint density at radius 2 is 1.55 bits per heavy atom. The summed E-state index contributed by atoms with van der Waals surface area (Å²) in [6.07, 6.45) is -0.219. The number of aryl methyl sites for hydroxylation is 3. The van der Waals surface area contributed by atoms with E-state index in [2.05, 4.69) is 5.32 Å². The zero-order valence-corrected chi connectivity index (χ0v) is 16.7. The van der Waals surface area contributed by atoms with E-state index < -0.39 is 12.1 Å². The lowest BCUT2D eigenvalue weighted by atomic mass is 10.1. The molecule has 0 aromatic heterocycles. The Hall–Kier alpha value is -3.40. The molecule has 0 radical (unpaired) electrons. The van der Waals surface area contributed by atoms with E-state index in [1.54, 1.807) is 12.1 Å². The van der Waals surface area contributed by atoms with Crippen LogP contribution in [-0.2, 0) is 20.7 Å². The van der Waals surface area contributed by atoms with E-state index in [4.69, 9.17) is 4.74 Å². The quantitative estimate of drug-likeness (QED) is 0.570. The summed E-state index contributed by atoms with van der Waals surface area (Å²) in [7, 11) is 0. The number of ether oxygens (including phenoxy) is 1. The Morgan fingerprint density at radius 3 is 2.24 bits per heavy atom. The highest BCUT2D eigenvalue weighted by molar-refractivity contribution is 5.96. The average molecular weight is 387 g/mol. The zero-order valence-electron chi connectivity index (χ0n) is 16.7. The van der Waals surface area contributed by atoms with Crippen molar-refractivity contribution in [3.63, 3.8) is 0 Å². The summed E-state index contributed by atoms with van der Waals surface area (Å²) >= 11 is 0. The van der Waals surface area contributed by atoms with Crippen LogP contribution in [-0.4, -0.2) is 11.9 Å². The van der Waals surface area contributed by atoms with Crippen molar-refractivity contribution in [2.45, 2.75) is 32.8 Å². The van der Waals surface area contributed by atoms with Crippen molar-refractivity contribution < 1.29 is 14.3 Å². The smallest absolute Gasteiger partial charge is 0.307 e. The maximum atomic E-state index is 13.0. The Labute approximate surface area is 171 Å². The van der Waals surface area contributed by atoms with Crippen molar-refractivity contribution in [2.75, 3.05) is 5.32 Å². The molecule has 0 aliphatic heterocycles. The molecule has 3 rings (SSSR count). The minimum absolute atomic E-state index is 0.212. The number of anilines is 1. The van der Waals surface area contributed by atoms with Crippen LogP contribution < -0.4 is 5.32 Å². The number of nitrogens with one attached hydrogen (secondary N) is 1. The van der Waals surface area contributed by atoms with Gasteiger partial charge in [0.15, 0.2) is 0 Å². The molecule has 0 bridgehead atoms. The first-order valence-corrected chi connectivity index (χ1v) is 9.69. The number of rotatable bonds is 7. The molecule has 29 heavy (non-hydrogen) atoms. The van der Waals surface area contributed by atoms with Gasteiger partial charge in [0.1, 0.15) is 0 Å². The monoisotopic (exact) mass is 387 g/mol. The van der Waals surface area contributed by atoms with Gasteiger partial charge >= 0.3 is 5.97 Å². The molecule has 0 saturated heterocycles. The Balaban J connectivity index is 1.73. The molecule has 3 aromatic carbocycles. The first-order chi connectivity index (χ1) is 14.0. The summed E-state index contributed by atoms with van der Waals surface area (Å²) in [5, 5.41) is 2.91. The van der Waals surface area contributed by atoms with Crippen LogP contribution >= 0.6 is 0 Å². The molecule has 0 unspecified atom stereocenters. The Morgan fingerprint density at radius 1 is 0.897 bits per heavy atom. The van der Waals surface area contributed by atoms with Crippen LogP contribution in [0.15, 0.2) is 78.9 Å². The molecule has 0 fully saturated rings. The predicted octanol–water partition coefficient (Wildman–Crippen LogP) is 5.16. The van der Waals surface area contributed by atoms with Crippen molar-refractivity contribution in [3.05, 3.63) is 101 Å². The van der Waals surface area contributed by atoms with Crippen LogP contribution in [0.4, 0.5) is 5.69 Å². The van der Waals surface area contributed by atoms with Crippen molar-refractivity contribution in [3.8, 4) is 0 Å². The highest BCUT2D eigenvalue weighted by Gasteiger charge is 2.25. The van der Waals surface area contributed by atoms with Crippen molar-refractivity contribution >= 4 is 17.6 Å². The predicted molar refractivity (Wildman–Crippen MR) is 115 cm³/mol. The minimum Gasteiger partial charge on any atom is -0.447 e. The molecule has 1 amide bonds. The maximum absolute atomic E-state index is 13.0. The molecule has 1 atom stereocenters. The second kappa shape index (κ2) is 9.69. The van der Waals surface area contributed by atoms with E-state index in [-0.39, 0.29) is 12.3 Å². The summed E-state index contributed by atoms with van der Waals surface area (Å²) in [6, 6.07) is 24.7. The average Bonchev–Trinajstić information content (AvgIpc) is 2.74. The minimum atomic E-state index is -1.00. The number of hydrogen-bond acceptors (Lipinski definition) is 3. The van der Waals surface area contributed by atoms with E-state index in [0.717, 1.165) is 22.4 Å². The van der Waals surface area contributed by atoms with Crippen LogP contribution in [0.1, 0.15) is 34.8 Å². The number of benzene rings is 3. The SMILES string of the molecule is Cc1ccc(C)c(NC(=O)[C@H](OC(=O)CCc2ccccc2)c2ccccc2)c1. The van der Waals surface area contributed by atoms with Gasteiger partial charge < -0.3 is 10.1 Å². The Kier molecular flexibility index (Phi) is 6.80. The number of hydrogen-bond donors (Lipinski definition) is 1. The van der Waals surface area contributed by atoms with Gasteiger partial charge in [-0.25, -0.2) is 0 Å². The van der Waals surface area contributed by atoms with Gasteiger partial charge in [0.2, 0.25) is 6.10 Å². The van der Waals surface area contributed by atoms with E-state index in [1.807, 2.05) is 80.6 Å². The fourth-order valence-corrected chi connectivity index (χ4v) is 3.05. The van der Waals surface area contributed by atoms with E-state index >= 15 is 0 Å². The fourth-order valence-electron chi connectivity index (χ4n) is 3.05. The summed E-state index contributed by atoms with van der Waals surface area (Å²) in [5.41, 5.74) is 4.41. The number of esters is 1. The van der Waals surface area contributed by atoms with Crippen LogP contribution in [0.3, 0.4) is 0 Å². The third kappa shape index (κ3) is 5.79. The number of carbonyl (C=O) groups is 2. The molecule has 0 aliphatic rings. The van der Waals surface area contributed by atoms with Crippen molar-refractivity contribution in [1.82, 2.24) is 0 Å². The largest absolute Gasteiger partial charge is 0.447 e. The van der Waals surface area contributed by atoms with Gasteiger partial charge in [-0.05, 0) is 43.0 Å². The van der Waals surface area contributed by atoms with Crippen LogP contribution in [0.5, 0.6) is 0 Å². The normalized spacial score (nSPS) is 11.5. The van der Waals surface area contributed by atoms with Gasteiger partial charge in [0, 0.05) is 17.7 Å². The van der Waals surface area contributed by atoms with Crippen molar-refractivity contribution in [1.29, 1.82) is 0 Å². The molecule has 0 aliphatic carbocycles. The van der Waals surface area contributed by atoms with Gasteiger partial charge in [-0.15, -0.1) is 0 Å². The molecule has 0 spiro atoms. The molecule has 148 valence electrons. The highest BCUT2D eigenvalue weighted by atomic mass is 16.5. The van der Waals surface area contributed by atoms with Gasteiger partial charge in [-0.2, -0.15) is 0 Å². The molecule has 1 N–H and O–H groups in total. The van der Waals surface area contributed by atoms with Gasteiger partial charge in [-0.3, -0.25) is 9.59 Å². The van der Waals surface area contributed by atoms with E-state index in [9.17, 15) is 9.59 Å². The molecule has 4 nitrogen and oxygen atoms in total. The molecule has 3 aromatic rings. The van der Waals surface area contributed by atoms with Crippen molar-refractivity contribution in [2.24, 2.45) is 0 Å². The lowest BCUT2D eigenvalue weighted by Gasteiger charge is -2.19. The summed E-state index contributed by atoms with van der Waals surface area (Å²) in [5.74, 6) is -0.767. The number of amides is 1. The third-order valence-electron chi connectivity index (χ3n) is 4.70. The van der Waals surface area contributed by atoms with Gasteiger partial charge in [0.25, 0.3) is 5.91 Å². The summed E-state index contributed by atoms with van der Waals surface area (Å²) in [6.45, 7) is 3.89. The second-order valence-electron chi connectivity index (χ2n) is 7.07. The number of carbonyl (C=O) groups excluding carboxylic acids is 2. The van der Waals surface area contributed by atoms with Crippen LogP contribution in [0, 0.1) is 13.8 Å². The molecule has 0 saturated carbocycles. The standard InChI is InChI=1S/C25H25NO3/c1-18-13-14-19(2)22(17-18)26-25(28)24(21-11-7-4-8-12-21)29-23(27)16-15-20-9-5-3-6-10-20/h3-14,17,24H,15-16H2,1-2H3,(H,26,28)/t24-/m1/s1. The third-order valence-corrected chi connectivity index (χ3v) is 4.70. The maximum Gasteiger partial charge on any atom is 0.307 e. The lowest BCUT2D eigenvalue weighted by Crippen LogP contribution is -2.26. The van der Waals surface area contributed by atoms with Crippen LogP contribution in [0.25, 0.3) is 0 Å². The highest BCUT2D eigenvalue weighted by Crippen LogP contribution is 2.23. The lowest BCUT2D eigenvalue weighted by molar-refractivity contribution is -0.154. The molecule has 0 heterocycles. The summed E-state index contributed by atoms with van der Waals surface area (Å²) in [4.78, 5) is 25.5. The Bertz CT molecular complexity index is 968. The van der Waals surface area contributed by atoms with E-state index in [1.165, 1.54) is 0 Å². The fraction of sp³-hybridized carbons (Fsp3) is 0.200. The molecular formula is C25H25NO3. The van der Waals surface area contributed by atoms with E-state index in [0.29, 0.717) is 12.0 Å². The van der Waals surface area contributed by atoms with Gasteiger partial charge in [0.05, 0.1) is 0 Å². The van der Waals surface area contributed by atoms with Gasteiger partial charge in [-0.1, -0.05) is 72.8 Å². The zero-order chi connectivity index (χ0) is 20.6. The van der Waals surface area contributed by atoms with Crippen LogP contribution in [0.2, 0.25) is 0 Å². The molecule has 4 heteroatoms. The first kappa shape index (κ1) is 20.3. The second-order valence-corrected chi connectivity index (χ2v) is 7.07. The first-order valence-electron chi connectivity index (χ1n) is 9.69. The topological polar surface area (TPSA) is 55.4 Å².